The number of hydrogen-bond acceptors (Lipinski definition) is 7. The Bertz CT molecular complexity index is 1040. The van der Waals surface area contributed by atoms with Gasteiger partial charge in [-0.3, -0.25) is 0 Å². The Hall–Kier alpha value is -2.52. The van der Waals surface area contributed by atoms with Crippen LogP contribution in [-0.4, -0.2) is 24.9 Å². The Balaban J connectivity index is 1.48. The number of rotatable bonds is 5. The summed E-state index contributed by atoms with van der Waals surface area (Å²) in [6.45, 7) is 1.71. The Morgan fingerprint density at radius 3 is 2.92 bits per heavy atom. The van der Waals surface area contributed by atoms with Crippen LogP contribution in [0.1, 0.15) is 11.5 Å². The van der Waals surface area contributed by atoms with E-state index in [1.54, 1.807) is 30.4 Å². The zero-order valence-corrected chi connectivity index (χ0v) is 15.6. The van der Waals surface area contributed by atoms with Crippen molar-refractivity contribution in [3.8, 4) is 22.1 Å². The Labute approximate surface area is 157 Å². The van der Waals surface area contributed by atoms with Crippen LogP contribution in [0.25, 0.3) is 22.1 Å². The average Bonchev–Trinajstić information content (AvgIpc) is 3.36. The van der Waals surface area contributed by atoms with Crippen LogP contribution in [0, 0.1) is 12.7 Å². The number of nitrogens with zero attached hydrogens (tertiary/aromatic N) is 5. The smallest absolute Gasteiger partial charge is 0.237 e. The zero-order valence-electron chi connectivity index (χ0n) is 14.0. The van der Waals surface area contributed by atoms with Crippen molar-refractivity contribution in [1.29, 1.82) is 0 Å². The van der Waals surface area contributed by atoms with Crippen LogP contribution in [0.5, 0.6) is 0 Å². The van der Waals surface area contributed by atoms with Crippen molar-refractivity contribution < 1.29 is 8.91 Å². The van der Waals surface area contributed by atoms with E-state index in [1.165, 1.54) is 17.8 Å². The molecule has 3 heterocycles. The highest BCUT2D eigenvalue weighted by atomic mass is 32.2. The molecule has 3 aromatic heterocycles. The van der Waals surface area contributed by atoms with Crippen molar-refractivity contribution in [2.75, 3.05) is 0 Å². The van der Waals surface area contributed by atoms with E-state index in [0.29, 0.717) is 28.6 Å². The topological polar surface area (TPSA) is 69.6 Å². The summed E-state index contributed by atoms with van der Waals surface area (Å²) in [5.41, 5.74) is 1.17. The molecule has 0 aliphatic rings. The molecule has 0 saturated heterocycles. The van der Waals surface area contributed by atoms with Crippen molar-refractivity contribution in [2.45, 2.75) is 17.8 Å². The molecule has 26 heavy (non-hydrogen) atoms. The number of aryl methyl sites for hydroxylation is 1. The fourth-order valence-electron chi connectivity index (χ4n) is 2.35. The lowest BCUT2D eigenvalue weighted by Gasteiger charge is -2.00. The molecule has 4 aromatic rings. The molecular weight excluding hydrogens is 373 g/mol. The lowest BCUT2D eigenvalue weighted by atomic mass is 10.1. The molecule has 0 amide bonds. The van der Waals surface area contributed by atoms with E-state index in [2.05, 4.69) is 20.3 Å². The predicted octanol–water partition coefficient (Wildman–Crippen LogP) is 4.33. The van der Waals surface area contributed by atoms with Crippen LogP contribution in [0.15, 0.2) is 45.4 Å². The van der Waals surface area contributed by atoms with Crippen LogP contribution in [0.2, 0.25) is 0 Å². The molecule has 0 spiro atoms. The summed E-state index contributed by atoms with van der Waals surface area (Å²) in [5.74, 6) is 1.81. The van der Waals surface area contributed by atoms with Crippen LogP contribution in [-0.2, 0) is 12.8 Å². The van der Waals surface area contributed by atoms with Crippen molar-refractivity contribution >= 4 is 23.1 Å². The molecule has 0 aliphatic carbocycles. The van der Waals surface area contributed by atoms with Gasteiger partial charge in [0.25, 0.3) is 0 Å². The minimum Gasteiger partial charge on any atom is -0.338 e. The summed E-state index contributed by atoms with van der Waals surface area (Å²) in [7, 11) is 1.92. The largest absolute Gasteiger partial charge is 0.338 e. The van der Waals surface area contributed by atoms with E-state index in [1.807, 2.05) is 29.1 Å². The number of thioether (sulfide) groups is 1. The SMILES string of the molecule is Cc1ccc(-c2noc(CSc3nnc(-c4cccs4)n3C)n2)cc1F. The maximum absolute atomic E-state index is 13.7. The van der Waals surface area contributed by atoms with Crippen molar-refractivity contribution in [3.63, 3.8) is 0 Å². The third kappa shape index (κ3) is 3.27. The van der Waals surface area contributed by atoms with Gasteiger partial charge in [-0.15, -0.1) is 21.5 Å². The standard InChI is InChI=1S/C17H14FN5OS2/c1-10-5-6-11(8-12(10)18)15-19-14(24-22-15)9-26-17-21-20-16(23(17)2)13-4-3-7-25-13/h3-8H,9H2,1-2H3. The Morgan fingerprint density at radius 2 is 2.15 bits per heavy atom. The number of thiophene rings is 1. The molecule has 6 nitrogen and oxygen atoms in total. The molecule has 0 N–H and O–H groups in total. The summed E-state index contributed by atoms with van der Waals surface area (Å²) >= 11 is 3.07. The van der Waals surface area contributed by atoms with Crippen molar-refractivity contribution in [2.24, 2.45) is 7.05 Å². The van der Waals surface area contributed by atoms with Gasteiger partial charge in [-0.2, -0.15) is 4.98 Å². The Morgan fingerprint density at radius 1 is 1.27 bits per heavy atom. The zero-order chi connectivity index (χ0) is 18.1. The molecule has 9 heteroatoms. The van der Waals surface area contributed by atoms with Gasteiger partial charge in [-0.05, 0) is 30.0 Å². The highest BCUT2D eigenvalue weighted by molar-refractivity contribution is 7.98. The minimum atomic E-state index is -0.289. The molecule has 0 unspecified atom stereocenters. The average molecular weight is 387 g/mol. The number of benzene rings is 1. The first-order valence-electron chi connectivity index (χ1n) is 7.77. The minimum absolute atomic E-state index is 0.289. The number of halogens is 1. The third-order valence-corrected chi connectivity index (χ3v) is 5.67. The van der Waals surface area contributed by atoms with E-state index < -0.39 is 0 Å². The third-order valence-electron chi connectivity index (χ3n) is 3.80. The molecule has 0 fully saturated rings. The van der Waals surface area contributed by atoms with Gasteiger partial charge in [0.1, 0.15) is 5.82 Å². The molecule has 4 rings (SSSR count). The molecule has 0 bridgehead atoms. The van der Waals surface area contributed by atoms with Gasteiger partial charge < -0.3 is 9.09 Å². The van der Waals surface area contributed by atoms with Gasteiger partial charge in [0.2, 0.25) is 11.7 Å². The molecule has 0 saturated carbocycles. The summed E-state index contributed by atoms with van der Waals surface area (Å²) in [6, 6.07) is 8.87. The number of aromatic nitrogens is 5. The first-order valence-corrected chi connectivity index (χ1v) is 9.63. The van der Waals surface area contributed by atoms with Gasteiger partial charge >= 0.3 is 0 Å². The normalized spacial score (nSPS) is 11.2. The highest BCUT2D eigenvalue weighted by Gasteiger charge is 2.15. The van der Waals surface area contributed by atoms with Crippen molar-refractivity contribution in [1.82, 2.24) is 24.9 Å². The van der Waals surface area contributed by atoms with Gasteiger partial charge in [0, 0.05) is 12.6 Å². The summed E-state index contributed by atoms with van der Waals surface area (Å²) in [5, 5.41) is 15.1. The first kappa shape index (κ1) is 16.9. The van der Waals surface area contributed by atoms with Gasteiger partial charge in [0.15, 0.2) is 11.0 Å². The summed E-state index contributed by atoms with van der Waals surface area (Å²) < 4.78 is 20.9. The maximum atomic E-state index is 13.7. The second-order valence-electron chi connectivity index (χ2n) is 5.61. The van der Waals surface area contributed by atoms with E-state index >= 15 is 0 Å². The quantitative estimate of drug-likeness (QED) is 0.475. The lowest BCUT2D eigenvalue weighted by Crippen LogP contribution is -1.94. The molecular formula is C17H14FN5OS2. The lowest BCUT2D eigenvalue weighted by molar-refractivity contribution is 0.391. The van der Waals surface area contributed by atoms with E-state index in [-0.39, 0.29) is 5.82 Å². The molecule has 132 valence electrons. The molecule has 0 aliphatic heterocycles. The summed E-state index contributed by atoms with van der Waals surface area (Å²) in [4.78, 5) is 5.40. The monoisotopic (exact) mass is 387 g/mol. The van der Waals surface area contributed by atoms with Crippen LogP contribution in [0.4, 0.5) is 4.39 Å². The van der Waals surface area contributed by atoms with E-state index in [9.17, 15) is 4.39 Å². The van der Waals surface area contributed by atoms with Gasteiger partial charge in [-0.1, -0.05) is 35.1 Å². The van der Waals surface area contributed by atoms with Crippen LogP contribution < -0.4 is 0 Å². The number of hydrogen-bond donors (Lipinski definition) is 0. The van der Waals surface area contributed by atoms with Crippen LogP contribution >= 0.6 is 23.1 Å². The van der Waals surface area contributed by atoms with Gasteiger partial charge in [-0.25, -0.2) is 4.39 Å². The van der Waals surface area contributed by atoms with Crippen molar-refractivity contribution in [3.05, 3.63) is 53.0 Å². The fraction of sp³-hybridized carbons (Fsp3) is 0.176. The summed E-state index contributed by atoms with van der Waals surface area (Å²) in [6.07, 6.45) is 0. The molecule has 0 atom stereocenters. The molecule has 1 aromatic carbocycles. The van der Waals surface area contributed by atoms with E-state index in [0.717, 1.165) is 15.9 Å². The maximum Gasteiger partial charge on any atom is 0.237 e. The fourth-order valence-corrected chi connectivity index (χ4v) is 3.84. The van der Waals surface area contributed by atoms with Gasteiger partial charge in [0.05, 0.1) is 10.6 Å². The van der Waals surface area contributed by atoms with Crippen LogP contribution in [0.3, 0.4) is 0 Å². The highest BCUT2D eigenvalue weighted by Crippen LogP contribution is 2.28. The Kier molecular flexibility index (Phi) is 4.56. The van der Waals surface area contributed by atoms with E-state index in [4.69, 9.17) is 4.52 Å². The second-order valence-corrected chi connectivity index (χ2v) is 7.50. The predicted molar refractivity (Wildman–Crippen MR) is 98.3 cm³/mol. The molecule has 0 radical (unpaired) electrons. The first-order chi connectivity index (χ1) is 12.6. The second kappa shape index (κ2) is 7.00.